The SMILES string of the molecule is CCCC(C)(C)n1[nH]cc2nc3nccc3cc21. The van der Waals surface area contributed by atoms with Crippen molar-refractivity contribution in [2.75, 3.05) is 0 Å². The van der Waals surface area contributed by atoms with Crippen molar-refractivity contribution in [1.29, 1.82) is 0 Å². The van der Waals surface area contributed by atoms with Gasteiger partial charge >= 0.3 is 0 Å². The quantitative estimate of drug-likeness (QED) is 0.764. The Kier molecular flexibility index (Phi) is 2.40. The summed E-state index contributed by atoms with van der Waals surface area (Å²) >= 11 is 0. The van der Waals surface area contributed by atoms with Crippen LogP contribution < -0.4 is 0 Å². The van der Waals surface area contributed by atoms with E-state index in [-0.39, 0.29) is 5.54 Å². The van der Waals surface area contributed by atoms with Gasteiger partial charge in [0.15, 0.2) is 5.65 Å². The summed E-state index contributed by atoms with van der Waals surface area (Å²) in [6.45, 7) is 6.71. The van der Waals surface area contributed by atoms with Crippen molar-refractivity contribution < 1.29 is 0 Å². The van der Waals surface area contributed by atoms with Gasteiger partial charge in [0, 0.05) is 17.8 Å². The van der Waals surface area contributed by atoms with Crippen LogP contribution in [0.15, 0.2) is 24.5 Å². The maximum Gasteiger partial charge on any atom is 0.160 e. The Labute approximate surface area is 106 Å². The molecule has 0 aliphatic rings. The summed E-state index contributed by atoms with van der Waals surface area (Å²) in [6, 6.07) is 4.17. The van der Waals surface area contributed by atoms with Crippen LogP contribution in [0, 0.1) is 0 Å². The van der Waals surface area contributed by atoms with E-state index in [0.717, 1.165) is 34.9 Å². The lowest BCUT2D eigenvalue weighted by Gasteiger charge is -2.26. The summed E-state index contributed by atoms with van der Waals surface area (Å²) < 4.78 is 2.21. The number of H-pyrrole nitrogens is 1. The number of rotatable bonds is 3. The molecule has 0 aliphatic carbocycles. The van der Waals surface area contributed by atoms with Crippen molar-refractivity contribution in [1.82, 2.24) is 19.7 Å². The van der Waals surface area contributed by atoms with Gasteiger partial charge in [-0.2, -0.15) is 0 Å². The van der Waals surface area contributed by atoms with Crippen LogP contribution in [-0.4, -0.2) is 19.7 Å². The van der Waals surface area contributed by atoms with Gasteiger partial charge in [0.2, 0.25) is 0 Å². The van der Waals surface area contributed by atoms with Crippen LogP contribution in [0.4, 0.5) is 0 Å². The Hall–Kier alpha value is -1.84. The first-order valence-corrected chi connectivity index (χ1v) is 6.44. The van der Waals surface area contributed by atoms with Gasteiger partial charge in [-0.05, 0) is 32.4 Å². The Bertz CT molecular complexity index is 690. The molecule has 0 spiro atoms. The third-order valence-corrected chi connectivity index (χ3v) is 3.53. The third kappa shape index (κ3) is 1.60. The van der Waals surface area contributed by atoms with Crippen molar-refractivity contribution in [3.8, 4) is 0 Å². The monoisotopic (exact) mass is 242 g/mol. The number of nitrogens with one attached hydrogen (secondary N) is 1. The van der Waals surface area contributed by atoms with Crippen LogP contribution in [0.5, 0.6) is 0 Å². The summed E-state index contributed by atoms with van der Waals surface area (Å²) in [5, 5.41) is 4.43. The fraction of sp³-hybridized carbons (Fsp3) is 0.429. The molecule has 0 fully saturated rings. The first-order chi connectivity index (χ1) is 8.62. The third-order valence-electron chi connectivity index (χ3n) is 3.53. The molecule has 3 rings (SSSR count). The molecule has 18 heavy (non-hydrogen) atoms. The number of hydrogen-bond donors (Lipinski definition) is 1. The van der Waals surface area contributed by atoms with Crippen LogP contribution in [0.2, 0.25) is 0 Å². The summed E-state index contributed by atoms with van der Waals surface area (Å²) in [5.41, 5.74) is 3.02. The molecule has 3 heterocycles. The first-order valence-electron chi connectivity index (χ1n) is 6.44. The van der Waals surface area contributed by atoms with Crippen molar-refractivity contribution in [2.45, 2.75) is 39.2 Å². The number of nitrogens with zero attached hydrogens (tertiary/aromatic N) is 3. The highest BCUT2D eigenvalue weighted by molar-refractivity contribution is 5.89. The highest BCUT2D eigenvalue weighted by Gasteiger charge is 2.21. The topological polar surface area (TPSA) is 46.5 Å². The molecule has 4 nitrogen and oxygen atoms in total. The van der Waals surface area contributed by atoms with E-state index in [4.69, 9.17) is 0 Å². The Morgan fingerprint density at radius 1 is 1.39 bits per heavy atom. The van der Waals surface area contributed by atoms with Crippen LogP contribution in [0.25, 0.3) is 22.1 Å². The molecule has 94 valence electrons. The van der Waals surface area contributed by atoms with Gasteiger partial charge in [0.1, 0.15) is 5.52 Å². The zero-order valence-corrected chi connectivity index (χ0v) is 11.1. The molecule has 0 saturated heterocycles. The lowest BCUT2D eigenvalue weighted by molar-refractivity contribution is 0.303. The zero-order chi connectivity index (χ0) is 12.8. The second-order valence-electron chi connectivity index (χ2n) is 5.42. The molecule has 0 aromatic carbocycles. The predicted molar refractivity (Wildman–Crippen MR) is 73.6 cm³/mol. The minimum atomic E-state index is 0.0753. The molecule has 0 bridgehead atoms. The number of aromatic nitrogens is 4. The van der Waals surface area contributed by atoms with E-state index in [1.54, 1.807) is 0 Å². The average Bonchev–Trinajstić information content (AvgIpc) is 2.90. The standard InChI is InChI=1S/C14H18N4/c1-4-6-14(2,3)18-12-8-10-5-7-15-13(10)17-11(12)9-16-18/h5,7-9,16H,4,6H2,1-3H3. The van der Waals surface area contributed by atoms with E-state index < -0.39 is 0 Å². The van der Waals surface area contributed by atoms with Crippen LogP contribution in [0.3, 0.4) is 0 Å². The summed E-state index contributed by atoms with van der Waals surface area (Å²) in [5.74, 6) is 0. The highest BCUT2D eigenvalue weighted by atomic mass is 15.3. The van der Waals surface area contributed by atoms with E-state index in [0.29, 0.717) is 0 Å². The predicted octanol–water partition coefficient (Wildman–Crippen LogP) is 3.45. The smallest absolute Gasteiger partial charge is 0.160 e. The van der Waals surface area contributed by atoms with Crippen molar-refractivity contribution in [3.05, 3.63) is 24.5 Å². The molecule has 0 aliphatic heterocycles. The summed E-state index contributed by atoms with van der Waals surface area (Å²) in [7, 11) is 0. The molecule has 0 saturated carbocycles. The van der Waals surface area contributed by atoms with Crippen LogP contribution >= 0.6 is 0 Å². The minimum Gasteiger partial charge on any atom is -0.303 e. The normalized spacial score (nSPS) is 12.6. The van der Waals surface area contributed by atoms with Gasteiger partial charge in [-0.15, -0.1) is 0 Å². The second kappa shape index (κ2) is 3.83. The summed E-state index contributed by atoms with van der Waals surface area (Å²) in [4.78, 5) is 8.81. The van der Waals surface area contributed by atoms with E-state index in [1.807, 2.05) is 18.5 Å². The number of pyridine rings is 1. The van der Waals surface area contributed by atoms with Gasteiger partial charge in [-0.25, -0.2) is 9.97 Å². The molecule has 3 aromatic heterocycles. The van der Waals surface area contributed by atoms with Crippen molar-refractivity contribution >= 4 is 22.1 Å². The van der Waals surface area contributed by atoms with E-state index in [2.05, 4.69) is 46.6 Å². The highest BCUT2D eigenvalue weighted by Crippen LogP contribution is 2.27. The largest absolute Gasteiger partial charge is 0.303 e. The molecule has 0 amide bonds. The number of fused-ring (bicyclic) bond motifs is 2. The number of hydrogen-bond acceptors (Lipinski definition) is 2. The van der Waals surface area contributed by atoms with E-state index in [1.165, 1.54) is 0 Å². The molecule has 1 N–H and O–H groups in total. The minimum absolute atomic E-state index is 0.0753. The first kappa shape index (κ1) is 11.3. The number of aromatic amines is 1. The zero-order valence-electron chi connectivity index (χ0n) is 11.1. The summed E-state index contributed by atoms with van der Waals surface area (Å²) in [6.07, 6.45) is 6.06. The molecule has 0 radical (unpaired) electrons. The average molecular weight is 242 g/mol. The van der Waals surface area contributed by atoms with Crippen LogP contribution in [-0.2, 0) is 5.54 Å². The maximum absolute atomic E-state index is 4.57. The van der Waals surface area contributed by atoms with Gasteiger partial charge < -0.3 is 5.10 Å². The van der Waals surface area contributed by atoms with Gasteiger partial charge in [0.05, 0.1) is 11.1 Å². The van der Waals surface area contributed by atoms with Crippen molar-refractivity contribution in [2.24, 2.45) is 0 Å². The van der Waals surface area contributed by atoms with Crippen molar-refractivity contribution in [3.63, 3.8) is 0 Å². The molecular weight excluding hydrogens is 224 g/mol. The van der Waals surface area contributed by atoms with Gasteiger partial charge in [0.25, 0.3) is 0 Å². The van der Waals surface area contributed by atoms with Gasteiger partial charge in [-0.1, -0.05) is 13.3 Å². The van der Waals surface area contributed by atoms with E-state index >= 15 is 0 Å². The fourth-order valence-corrected chi connectivity index (χ4v) is 2.64. The maximum atomic E-state index is 4.57. The fourth-order valence-electron chi connectivity index (χ4n) is 2.64. The molecule has 0 unspecified atom stereocenters. The van der Waals surface area contributed by atoms with E-state index in [9.17, 15) is 0 Å². The van der Waals surface area contributed by atoms with Crippen LogP contribution in [0.1, 0.15) is 33.6 Å². The Morgan fingerprint density at radius 2 is 2.22 bits per heavy atom. The second-order valence-corrected chi connectivity index (χ2v) is 5.42. The lowest BCUT2D eigenvalue weighted by Crippen LogP contribution is -2.26. The Morgan fingerprint density at radius 3 is 3.00 bits per heavy atom. The lowest BCUT2D eigenvalue weighted by atomic mass is 9.99. The Balaban J connectivity index is 2.23. The molecular formula is C14H18N4. The molecule has 0 atom stereocenters. The molecule has 3 aromatic rings. The molecule has 4 heteroatoms. The van der Waals surface area contributed by atoms with Gasteiger partial charge in [-0.3, -0.25) is 4.68 Å².